The Bertz CT molecular complexity index is 587. The molecule has 116 valence electrons. The number of likely N-dealkylation sites (tertiary alicyclic amines) is 1. The van der Waals surface area contributed by atoms with E-state index in [1.165, 1.54) is 5.56 Å². The minimum Gasteiger partial charge on any atom is -0.472 e. The summed E-state index contributed by atoms with van der Waals surface area (Å²) in [5, 5.41) is 0. The first kappa shape index (κ1) is 13.9. The molecule has 2 aliphatic heterocycles. The average Bonchev–Trinajstić information content (AvgIpc) is 3.26. The lowest BCUT2D eigenvalue weighted by Crippen LogP contribution is -2.32. The van der Waals surface area contributed by atoms with Crippen molar-refractivity contribution < 1.29 is 13.9 Å². The lowest BCUT2D eigenvalue weighted by Gasteiger charge is -2.21. The van der Waals surface area contributed by atoms with E-state index < -0.39 is 0 Å². The van der Waals surface area contributed by atoms with Crippen LogP contribution in [0.15, 0.2) is 47.4 Å². The Labute approximate surface area is 129 Å². The zero-order valence-corrected chi connectivity index (χ0v) is 12.4. The predicted octanol–water partition coefficient (Wildman–Crippen LogP) is 2.09. The van der Waals surface area contributed by atoms with Gasteiger partial charge in [-0.05, 0) is 18.2 Å². The fourth-order valence-corrected chi connectivity index (χ4v) is 3.44. The van der Waals surface area contributed by atoms with Crippen LogP contribution < -0.4 is 0 Å². The molecule has 2 fully saturated rings. The summed E-state index contributed by atoms with van der Waals surface area (Å²) in [4.78, 5) is 6.77. The molecule has 0 N–H and O–H groups in total. The molecule has 0 saturated carbocycles. The van der Waals surface area contributed by atoms with Crippen molar-refractivity contribution in [1.29, 1.82) is 0 Å². The van der Waals surface area contributed by atoms with Crippen LogP contribution in [0.25, 0.3) is 0 Å². The summed E-state index contributed by atoms with van der Waals surface area (Å²) in [5.41, 5.74) is 2.18. The smallest absolute Gasteiger partial charge is 0.0947 e. The van der Waals surface area contributed by atoms with Crippen LogP contribution in [0.4, 0.5) is 0 Å². The maximum Gasteiger partial charge on any atom is 0.0947 e. The highest BCUT2D eigenvalue weighted by atomic mass is 16.5. The third-order valence-electron chi connectivity index (χ3n) is 4.59. The van der Waals surface area contributed by atoms with Gasteiger partial charge in [-0.15, -0.1) is 0 Å². The second-order valence-corrected chi connectivity index (χ2v) is 6.00. The fraction of sp³-hybridized carbons (Fsp3) is 0.471. The largest absolute Gasteiger partial charge is 0.472 e. The summed E-state index contributed by atoms with van der Waals surface area (Å²) in [6, 6.07) is 8.39. The van der Waals surface area contributed by atoms with E-state index in [-0.39, 0.29) is 6.10 Å². The molecule has 4 heterocycles. The molecule has 0 spiro atoms. The Morgan fingerprint density at radius 2 is 2.27 bits per heavy atom. The fourth-order valence-electron chi connectivity index (χ4n) is 3.44. The normalized spacial score (nSPS) is 28.1. The summed E-state index contributed by atoms with van der Waals surface area (Å²) in [5.74, 6) is 0.454. The quantitative estimate of drug-likeness (QED) is 0.846. The Morgan fingerprint density at radius 1 is 1.27 bits per heavy atom. The van der Waals surface area contributed by atoms with E-state index >= 15 is 0 Å². The second-order valence-electron chi connectivity index (χ2n) is 6.00. The third-order valence-corrected chi connectivity index (χ3v) is 4.59. The first-order valence-electron chi connectivity index (χ1n) is 7.74. The molecule has 0 unspecified atom stereocenters. The number of aromatic nitrogens is 1. The molecular weight excluding hydrogens is 280 g/mol. The highest BCUT2D eigenvalue weighted by molar-refractivity contribution is 5.08. The van der Waals surface area contributed by atoms with Crippen molar-refractivity contribution in [2.24, 2.45) is 5.92 Å². The number of hydrogen-bond donors (Lipinski definition) is 0. The molecule has 0 bridgehead atoms. The number of fused-ring (bicyclic) bond motifs is 1. The van der Waals surface area contributed by atoms with Crippen LogP contribution in [0.5, 0.6) is 0 Å². The Hall–Kier alpha value is -1.69. The average molecular weight is 300 g/mol. The van der Waals surface area contributed by atoms with Crippen molar-refractivity contribution in [2.45, 2.75) is 25.3 Å². The molecule has 5 heteroatoms. The SMILES string of the molecule is c1ccc(CO[C@@H]2CN(Cc3ccoc3)[C@@H]3COC[C@@H]32)nc1. The molecule has 2 aromatic rings. The summed E-state index contributed by atoms with van der Waals surface area (Å²) in [7, 11) is 0. The molecule has 2 aromatic heterocycles. The lowest BCUT2D eigenvalue weighted by molar-refractivity contribution is 0.00739. The van der Waals surface area contributed by atoms with Gasteiger partial charge in [0.15, 0.2) is 0 Å². The first-order chi connectivity index (χ1) is 10.9. The van der Waals surface area contributed by atoms with Gasteiger partial charge in [0.25, 0.3) is 0 Å². The van der Waals surface area contributed by atoms with Crippen molar-refractivity contribution >= 4 is 0 Å². The first-order valence-corrected chi connectivity index (χ1v) is 7.74. The predicted molar refractivity (Wildman–Crippen MR) is 80.0 cm³/mol. The minimum absolute atomic E-state index is 0.210. The van der Waals surface area contributed by atoms with Gasteiger partial charge in [-0.3, -0.25) is 9.88 Å². The van der Waals surface area contributed by atoms with Gasteiger partial charge in [-0.1, -0.05) is 6.07 Å². The van der Waals surface area contributed by atoms with Gasteiger partial charge in [0.2, 0.25) is 0 Å². The molecule has 22 heavy (non-hydrogen) atoms. The zero-order valence-electron chi connectivity index (χ0n) is 12.4. The maximum atomic E-state index is 6.14. The molecule has 0 aliphatic carbocycles. The van der Waals surface area contributed by atoms with Gasteiger partial charge >= 0.3 is 0 Å². The maximum absolute atomic E-state index is 6.14. The molecule has 0 aromatic carbocycles. The van der Waals surface area contributed by atoms with Gasteiger partial charge in [0, 0.05) is 36.8 Å². The summed E-state index contributed by atoms with van der Waals surface area (Å²) in [6.07, 6.45) is 5.55. The Balaban J connectivity index is 1.40. The molecule has 0 amide bonds. The number of pyridine rings is 1. The molecule has 2 saturated heterocycles. The van der Waals surface area contributed by atoms with Crippen molar-refractivity contribution in [3.63, 3.8) is 0 Å². The highest BCUT2D eigenvalue weighted by Gasteiger charge is 2.45. The standard InChI is InChI=1S/C17H20N2O3/c1-2-5-18-14(3-1)10-22-17-8-19(7-13-4-6-20-9-13)16-12-21-11-15(16)17/h1-6,9,15-17H,7-8,10-12H2/t15-,16+,17+/m0/s1. The van der Waals surface area contributed by atoms with Crippen LogP contribution in [0.3, 0.4) is 0 Å². The second kappa shape index (κ2) is 6.20. The van der Waals surface area contributed by atoms with Crippen molar-refractivity contribution in [1.82, 2.24) is 9.88 Å². The number of ether oxygens (including phenoxy) is 2. The van der Waals surface area contributed by atoms with E-state index in [4.69, 9.17) is 13.9 Å². The summed E-state index contributed by atoms with van der Waals surface area (Å²) < 4.78 is 17.0. The molecule has 3 atom stereocenters. The Morgan fingerprint density at radius 3 is 3.09 bits per heavy atom. The van der Waals surface area contributed by atoms with Crippen molar-refractivity contribution in [3.8, 4) is 0 Å². The zero-order chi connectivity index (χ0) is 14.8. The van der Waals surface area contributed by atoms with Gasteiger partial charge < -0.3 is 13.9 Å². The monoisotopic (exact) mass is 300 g/mol. The molecular formula is C17H20N2O3. The minimum atomic E-state index is 0.210. The molecule has 4 rings (SSSR count). The number of nitrogens with zero attached hydrogens (tertiary/aromatic N) is 2. The van der Waals surface area contributed by atoms with Gasteiger partial charge in [0.1, 0.15) is 0 Å². The van der Waals surface area contributed by atoms with Crippen molar-refractivity contribution in [2.75, 3.05) is 19.8 Å². The van der Waals surface area contributed by atoms with Crippen molar-refractivity contribution in [3.05, 3.63) is 54.2 Å². The van der Waals surface area contributed by atoms with E-state index in [9.17, 15) is 0 Å². The summed E-state index contributed by atoms with van der Waals surface area (Å²) >= 11 is 0. The number of furan rings is 1. The van der Waals surface area contributed by atoms with E-state index in [0.717, 1.165) is 32.0 Å². The van der Waals surface area contributed by atoms with Crippen LogP contribution in [0, 0.1) is 5.92 Å². The third kappa shape index (κ3) is 2.79. The van der Waals surface area contributed by atoms with E-state index in [0.29, 0.717) is 18.6 Å². The van der Waals surface area contributed by atoms with Gasteiger partial charge in [-0.2, -0.15) is 0 Å². The van der Waals surface area contributed by atoms with E-state index in [2.05, 4.69) is 9.88 Å². The topological polar surface area (TPSA) is 47.7 Å². The lowest BCUT2D eigenvalue weighted by atomic mass is 10.0. The van der Waals surface area contributed by atoms with E-state index in [1.807, 2.05) is 30.5 Å². The van der Waals surface area contributed by atoms with Crippen LogP contribution in [0.2, 0.25) is 0 Å². The Kier molecular flexibility index (Phi) is 3.93. The van der Waals surface area contributed by atoms with Crippen LogP contribution >= 0.6 is 0 Å². The molecule has 0 radical (unpaired) electrons. The number of rotatable bonds is 5. The van der Waals surface area contributed by atoms with Gasteiger partial charge in [-0.25, -0.2) is 0 Å². The molecule has 5 nitrogen and oxygen atoms in total. The highest BCUT2D eigenvalue weighted by Crippen LogP contribution is 2.33. The van der Waals surface area contributed by atoms with Crippen LogP contribution in [-0.2, 0) is 22.6 Å². The van der Waals surface area contributed by atoms with Crippen LogP contribution in [0.1, 0.15) is 11.3 Å². The van der Waals surface area contributed by atoms with Gasteiger partial charge in [0.05, 0.1) is 44.1 Å². The summed E-state index contributed by atoms with van der Waals surface area (Å²) in [6.45, 7) is 3.99. The van der Waals surface area contributed by atoms with Crippen LogP contribution in [-0.4, -0.2) is 41.8 Å². The number of hydrogen-bond acceptors (Lipinski definition) is 5. The van der Waals surface area contributed by atoms with E-state index in [1.54, 1.807) is 12.5 Å². The molecule has 2 aliphatic rings.